The van der Waals surface area contributed by atoms with Crippen LogP contribution in [0.15, 0.2) is 77.4 Å². The minimum absolute atomic E-state index is 0. The molecule has 0 saturated carbocycles. The topological polar surface area (TPSA) is 124 Å². The van der Waals surface area contributed by atoms with E-state index in [4.69, 9.17) is 10.1 Å². The average Bonchev–Trinajstić information content (AvgIpc) is 3.47. The molecule has 4 amide bonds. The minimum atomic E-state index is -4.89. The predicted molar refractivity (Wildman–Crippen MR) is 195 cm³/mol. The van der Waals surface area contributed by atoms with Crippen LogP contribution in [0.3, 0.4) is 0 Å². The molecule has 1 saturated heterocycles. The summed E-state index contributed by atoms with van der Waals surface area (Å²) in [5.41, 5.74) is 1.55. The summed E-state index contributed by atoms with van der Waals surface area (Å²) in [6.07, 6.45) is -4.54. The number of hydrogen-bond acceptors (Lipinski definition) is 7. The summed E-state index contributed by atoms with van der Waals surface area (Å²) in [7, 11) is 1.44. The van der Waals surface area contributed by atoms with E-state index in [0.717, 1.165) is 35.5 Å². The molecule has 3 aromatic carbocycles. The maximum absolute atomic E-state index is 15.2. The summed E-state index contributed by atoms with van der Waals surface area (Å²) in [6.45, 7) is 6.46. The van der Waals surface area contributed by atoms with Gasteiger partial charge in [-0.15, -0.1) is 13.2 Å². The molecule has 1 aliphatic heterocycles. The van der Waals surface area contributed by atoms with Crippen molar-refractivity contribution in [2.75, 3.05) is 29.6 Å². The smallest absolute Gasteiger partial charge is 0.419 e. The van der Waals surface area contributed by atoms with Crippen molar-refractivity contribution in [1.29, 1.82) is 5.41 Å². The van der Waals surface area contributed by atoms with Crippen molar-refractivity contribution in [3.63, 3.8) is 0 Å². The van der Waals surface area contributed by atoms with Crippen LogP contribution in [0.25, 0.3) is 0 Å². The average molecular weight is 818 g/mol. The van der Waals surface area contributed by atoms with Crippen molar-refractivity contribution in [2.24, 2.45) is 4.99 Å². The summed E-state index contributed by atoms with van der Waals surface area (Å²) < 4.78 is 86.7. The monoisotopic (exact) mass is 817 g/mol. The van der Waals surface area contributed by atoms with Crippen LogP contribution < -0.4 is 66.3 Å². The number of urea groups is 1. The van der Waals surface area contributed by atoms with Crippen molar-refractivity contribution in [3.05, 3.63) is 107 Å². The Morgan fingerprint density at radius 1 is 1.07 bits per heavy atom. The number of thioether (sulfide) groups is 1. The molecule has 0 aliphatic carbocycles. The Bertz CT molecular complexity index is 1890. The van der Waals surface area contributed by atoms with Crippen LogP contribution in [0.5, 0.6) is 5.75 Å². The molecule has 0 atom stereocenters. The summed E-state index contributed by atoms with van der Waals surface area (Å²) in [4.78, 5) is 45.2. The second-order valence-corrected chi connectivity index (χ2v) is 12.2. The first kappa shape index (κ1) is 47.6. The van der Waals surface area contributed by atoms with E-state index in [-0.39, 0.29) is 91.4 Å². The third-order valence-corrected chi connectivity index (χ3v) is 8.25. The Morgan fingerprint density at radius 3 is 2.33 bits per heavy atom. The van der Waals surface area contributed by atoms with E-state index < -0.39 is 48.8 Å². The van der Waals surface area contributed by atoms with Crippen molar-refractivity contribution in [1.82, 2.24) is 4.90 Å². The summed E-state index contributed by atoms with van der Waals surface area (Å²) in [5.74, 6) is -2.44. The fourth-order valence-electron chi connectivity index (χ4n) is 4.90. The fourth-order valence-corrected chi connectivity index (χ4v) is 5.76. The number of ether oxygens (including phenoxy) is 2. The van der Waals surface area contributed by atoms with E-state index in [0.29, 0.717) is 29.8 Å². The molecule has 18 heteroatoms. The van der Waals surface area contributed by atoms with Gasteiger partial charge in [0.15, 0.2) is 5.17 Å². The van der Waals surface area contributed by atoms with Crippen molar-refractivity contribution < 1.29 is 102 Å². The molecule has 2 N–H and O–H groups in total. The SMILES string of the molecule is CC.CCC/C(=C\C(=N)c1ccc(NC(=O)/N=C2\SCC(=O)N2c2cc(C)ccc2COC[C-](F)F)c(F)c1)N(C)C(=O)c1ccc(OC(F)(F)F)cc1.[K+]. The Balaban J connectivity index is 0.00000343. The molecule has 0 bridgehead atoms. The van der Waals surface area contributed by atoms with Gasteiger partial charge in [0.1, 0.15) is 11.6 Å². The second-order valence-electron chi connectivity index (χ2n) is 11.2. The molecule has 1 aliphatic rings. The number of allylic oxidation sites excluding steroid dienone is 2. The largest absolute Gasteiger partial charge is 1.00 e. The summed E-state index contributed by atoms with van der Waals surface area (Å²) in [6, 6.07) is 11.9. The quantitative estimate of drug-likeness (QED) is 0.0880. The van der Waals surface area contributed by atoms with Gasteiger partial charge >= 0.3 is 63.8 Å². The molecule has 0 aromatic heterocycles. The van der Waals surface area contributed by atoms with Crippen LogP contribution in [0, 0.1) is 24.6 Å². The number of aliphatic imine (C=N–C) groups is 1. The number of carbonyl (C=O) groups excluding carboxylic acids is 3. The van der Waals surface area contributed by atoms with Gasteiger partial charge in [0, 0.05) is 35.9 Å². The molecule has 0 unspecified atom stereocenters. The van der Waals surface area contributed by atoms with E-state index in [2.05, 4.69) is 15.0 Å². The van der Waals surface area contributed by atoms with E-state index >= 15 is 4.39 Å². The van der Waals surface area contributed by atoms with Gasteiger partial charge in [-0.2, -0.15) is 4.99 Å². The van der Waals surface area contributed by atoms with Gasteiger partial charge in [0.05, 0.1) is 29.4 Å². The van der Waals surface area contributed by atoms with Gasteiger partial charge in [0.25, 0.3) is 5.91 Å². The van der Waals surface area contributed by atoms with Gasteiger partial charge in [-0.25, -0.2) is 9.18 Å². The number of benzene rings is 3. The molecule has 290 valence electrons. The molecule has 3 aromatic rings. The van der Waals surface area contributed by atoms with Crippen LogP contribution in [0.4, 0.5) is 42.5 Å². The molecule has 4 rings (SSSR count). The number of halogens is 6. The number of alkyl halides is 3. The van der Waals surface area contributed by atoms with Crippen molar-refractivity contribution >= 4 is 51.9 Å². The van der Waals surface area contributed by atoms with Gasteiger partial charge in [0.2, 0.25) is 5.91 Å². The number of nitrogens with one attached hydrogen (secondary N) is 2. The van der Waals surface area contributed by atoms with Crippen LogP contribution in [-0.2, 0) is 16.1 Å². The Kier molecular flexibility index (Phi) is 19.3. The second kappa shape index (κ2) is 22.3. The van der Waals surface area contributed by atoms with E-state index in [1.54, 1.807) is 25.1 Å². The number of anilines is 2. The number of nitrogens with zero attached hydrogens (tertiary/aromatic N) is 3. The third kappa shape index (κ3) is 14.2. The summed E-state index contributed by atoms with van der Waals surface area (Å²) in [5, 5.41) is 10.9. The zero-order valence-electron chi connectivity index (χ0n) is 30.9. The zero-order valence-corrected chi connectivity index (χ0v) is 34.9. The van der Waals surface area contributed by atoms with Crippen LogP contribution in [0.1, 0.15) is 60.7 Å². The third-order valence-electron chi connectivity index (χ3n) is 7.32. The Labute approximate surface area is 361 Å². The molecular weight excluding hydrogens is 780 g/mol. The number of hydrogen-bond donors (Lipinski definition) is 2. The predicted octanol–water partition coefficient (Wildman–Crippen LogP) is 6.50. The zero-order chi connectivity index (χ0) is 40.2. The first-order valence-electron chi connectivity index (χ1n) is 16.5. The number of rotatable bonds is 13. The number of carbonyl (C=O) groups is 3. The summed E-state index contributed by atoms with van der Waals surface area (Å²) >= 11 is 0.959. The van der Waals surface area contributed by atoms with Crippen molar-refractivity contribution in [2.45, 2.75) is 53.5 Å². The van der Waals surface area contributed by atoms with Gasteiger partial charge in [-0.05, 0) is 74.1 Å². The number of amides is 4. The van der Waals surface area contributed by atoms with E-state index in [1.165, 1.54) is 47.2 Å². The standard InChI is InChI=1S/C35H32F6N5O5S.C2H6.K/c1-4-5-24(45(3)32(48)21-8-11-25(12-9-21)51-35(39,40)41)16-27(42)22-10-13-28(26(36)15-22)43-33(49)44-34-46(31(47)19-52-34)29-14-20(2)6-7-23(29)17-50-18-30(37)38;1-2;/h6-16,42H,4-5,17-19H2,1-3H3,(H,43,49);1-2H3;/q-1;;+1/b24-16+,42-27?,44-34-;;. The Morgan fingerprint density at radius 2 is 1.73 bits per heavy atom. The van der Waals surface area contributed by atoms with Gasteiger partial charge < -0.3 is 33.9 Å². The number of aryl methyl sites for hydroxylation is 1. The number of amidine groups is 1. The normalized spacial score (nSPS) is 13.6. The van der Waals surface area contributed by atoms with Gasteiger partial charge in [-0.1, -0.05) is 57.2 Å². The van der Waals surface area contributed by atoms with Crippen LogP contribution in [0.2, 0.25) is 0 Å². The molecule has 1 heterocycles. The van der Waals surface area contributed by atoms with Crippen LogP contribution in [-0.4, -0.2) is 59.4 Å². The first-order chi connectivity index (χ1) is 25.6. The molecular formula is C37H38F6KN5O5S. The first-order valence-corrected chi connectivity index (χ1v) is 17.5. The fraction of sp³-hybridized carbons (Fsp3) is 0.297. The van der Waals surface area contributed by atoms with Gasteiger partial charge in [-0.3, -0.25) is 14.5 Å². The van der Waals surface area contributed by atoms with E-state index in [9.17, 15) is 36.3 Å². The molecule has 0 spiro atoms. The molecule has 10 nitrogen and oxygen atoms in total. The molecule has 55 heavy (non-hydrogen) atoms. The van der Waals surface area contributed by atoms with E-state index in [1.807, 2.05) is 20.8 Å². The molecule has 0 radical (unpaired) electrons. The van der Waals surface area contributed by atoms with Crippen molar-refractivity contribution in [3.8, 4) is 5.75 Å². The molecule has 1 fully saturated rings. The Hall–Kier alpha value is -3.52. The minimum Gasteiger partial charge on any atom is -0.419 e. The maximum atomic E-state index is 15.2. The maximum Gasteiger partial charge on any atom is 1.00 e. The van der Waals surface area contributed by atoms with Crippen LogP contribution >= 0.6 is 11.8 Å².